The number of rotatable bonds is 9. The molecule has 0 aliphatic carbocycles. The Morgan fingerprint density at radius 1 is 0.974 bits per heavy atom. The minimum atomic E-state index is -0.0313. The number of likely N-dealkylation sites (tertiary alicyclic amines) is 1. The average Bonchev–Trinajstić information content (AvgIpc) is 3.31. The standard InChI is InChI=1S/C31H36N4O3/c1-22(36)32-25-9-6-8-24(20-25)23-14-18-34(19-15-23)16-7-17-35-29-11-5-4-10-28(29)33-31(35)27-13-12-26(37-2)21-30(27)38-3/h4-6,8-13,20-21,23H,7,14-19H2,1-3H3,(H,32,36). The number of methoxy groups -OCH3 is 2. The Morgan fingerprint density at radius 3 is 2.55 bits per heavy atom. The number of nitrogens with one attached hydrogen (secondary N) is 1. The number of amides is 1. The number of para-hydroxylation sites is 2. The summed E-state index contributed by atoms with van der Waals surface area (Å²) in [6.45, 7) is 5.64. The molecule has 1 N–H and O–H groups in total. The summed E-state index contributed by atoms with van der Waals surface area (Å²) in [4.78, 5) is 19.0. The third-order valence-corrected chi connectivity index (χ3v) is 7.43. The molecule has 0 saturated carbocycles. The van der Waals surface area contributed by atoms with Gasteiger partial charge in [0.15, 0.2) is 0 Å². The molecule has 1 saturated heterocycles. The van der Waals surface area contributed by atoms with Crippen LogP contribution in [0, 0.1) is 0 Å². The fourth-order valence-electron chi connectivity index (χ4n) is 5.51. The lowest BCUT2D eigenvalue weighted by atomic mass is 9.89. The smallest absolute Gasteiger partial charge is 0.221 e. The first-order valence-electron chi connectivity index (χ1n) is 13.3. The SMILES string of the molecule is COc1ccc(-c2nc3ccccc3n2CCCN2CCC(c3cccc(NC(C)=O)c3)CC2)c(OC)c1. The van der Waals surface area contributed by atoms with Crippen molar-refractivity contribution in [2.75, 3.05) is 39.2 Å². The van der Waals surface area contributed by atoms with E-state index in [-0.39, 0.29) is 5.91 Å². The summed E-state index contributed by atoms with van der Waals surface area (Å²) < 4.78 is 13.4. The molecule has 38 heavy (non-hydrogen) atoms. The van der Waals surface area contributed by atoms with Crippen molar-refractivity contribution >= 4 is 22.6 Å². The molecule has 4 aromatic rings. The number of aryl methyl sites for hydroxylation is 1. The number of ether oxygens (including phenoxy) is 2. The molecule has 7 nitrogen and oxygen atoms in total. The van der Waals surface area contributed by atoms with E-state index in [2.05, 4.69) is 45.1 Å². The molecule has 0 atom stereocenters. The van der Waals surface area contributed by atoms with Crippen molar-refractivity contribution in [3.8, 4) is 22.9 Å². The zero-order chi connectivity index (χ0) is 26.5. The van der Waals surface area contributed by atoms with E-state index in [9.17, 15) is 4.79 Å². The monoisotopic (exact) mass is 512 g/mol. The highest BCUT2D eigenvalue weighted by Gasteiger charge is 2.21. The van der Waals surface area contributed by atoms with E-state index in [1.165, 1.54) is 5.56 Å². The zero-order valence-electron chi connectivity index (χ0n) is 22.4. The van der Waals surface area contributed by atoms with Crippen molar-refractivity contribution in [1.82, 2.24) is 14.5 Å². The molecule has 1 aliphatic heterocycles. The van der Waals surface area contributed by atoms with E-state index < -0.39 is 0 Å². The van der Waals surface area contributed by atoms with E-state index in [0.717, 1.165) is 85.0 Å². The van der Waals surface area contributed by atoms with Gasteiger partial charge in [-0.2, -0.15) is 0 Å². The highest BCUT2D eigenvalue weighted by atomic mass is 16.5. The summed E-state index contributed by atoms with van der Waals surface area (Å²) in [5.41, 5.74) is 5.29. The van der Waals surface area contributed by atoms with Crippen molar-refractivity contribution in [3.63, 3.8) is 0 Å². The van der Waals surface area contributed by atoms with Gasteiger partial charge in [0.25, 0.3) is 0 Å². The lowest BCUT2D eigenvalue weighted by Crippen LogP contribution is -2.34. The number of fused-ring (bicyclic) bond motifs is 1. The predicted molar refractivity (Wildman–Crippen MR) is 152 cm³/mol. The first-order chi connectivity index (χ1) is 18.6. The van der Waals surface area contributed by atoms with Crippen molar-refractivity contribution in [2.24, 2.45) is 0 Å². The van der Waals surface area contributed by atoms with E-state index in [0.29, 0.717) is 5.92 Å². The van der Waals surface area contributed by atoms with Gasteiger partial charge in [0.1, 0.15) is 17.3 Å². The molecule has 3 aromatic carbocycles. The predicted octanol–water partition coefficient (Wildman–Crippen LogP) is 5.95. The van der Waals surface area contributed by atoms with Crippen LogP contribution in [0.3, 0.4) is 0 Å². The van der Waals surface area contributed by atoms with Gasteiger partial charge in [-0.25, -0.2) is 4.98 Å². The number of hydrogen-bond acceptors (Lipinski definition) is 5. The molecule has 0 spiro atoms. The van der Waals surface area contributed by atoms with Crippen molar-refractivity contribution < 1.29 is 14.3 Å². The number of nitrogens with zero attached hydrogens (tertiary/aromatic N) is 3. The van der Waals surface area contributed by atoms with Gasteiger partial charge in [0, 0.05) is 25.2 Å². The normalized spacial score (nSPS) is 14.5. The summed E-state index contributed by atoms with van der Waals surface area (Å²) in [5, 5.41) is 2.91. The van der Waals surface area contributed by atoms with Crippen LogP contribution in [0.15, 0.2) is 66.7 Å². The van der Waals surface area contributed by atoms with Crippen molar-refractivity contribution in [2.45, 2.75) is 38.6 Å². The topological polar surface area (TPSA) is 68.6 Å². The van der Waals surface area contributed by atoms with Gasteiger partial charge >= 0.3 is 0 Å². The molecule has 1 aromatic heterocycles. The maximum absolute atomic E-state index is 11.4. The van der Waals surface area contributed by atoms with Gasteiger partial charge in [-0.1, -0.05) is 24.3 Å². The molecular formula is C31H36N4O3. The van der Waals surface area contributed by atoms with E-state index in [4.69, 9.17) is 14.5 Å². The minimum Gasteiger partial charge on any atom is -0.497 e. The van der Waals surface area contributed by atoms with Gasteiger partial charge in [0.2, 0.25) is 5.91 Å². The van der Waals surface area contributed by atoms with E-state index >= 15 is 0 Å². The second-order valence-corrected chi connectivity index (χ2v) is 9.92. The second kappa shape index (κ2) is 11.7. The highest BCUT2D eigenvalue weighted by molar-refractivity contribution is 5.88. The first kappa shape index (κ1) is 25.8. The molecular weight excluding hydrogens is 476 g/mol. The summed E-state index contributed by atoms with van der Waals surface area (Å²) in [6, 6.07) is 22.5. The lowest BCUT2D eigenvalue weighted by Gasteiger charge is -2.32. The number of carbonyl (C=O) groups is 1. The number of carbonyl (C=O) groups excluding carboxylic acids is 1. The summed E-state index contributed by atoms with van der Waals surface area (Å²) in [7, 11) is 3.35. The Hall–Kier alpha value is -3.84. The largest absolute Gasteiger partial charge is 0.497 e. The van der Waals surface area contributed by atoms with Crippen LogP contribution < -0.4 is 14.8 Å². The van der Waals surface area contributed by atoms with Crippen LogP contribution in [0.2, 0.25) is 0 Å². The van der Waals surface area contributed by atoms with E-state index in [1.807, 2.05) is 36.4 Å². The molecule has 1 aliphatic rings. The van der Waals surface area contributed by atoms with Crippen LogP contribution in [-0.4, -0.2) is 54.2 Å². The van der Waals surface area contributed by atoms with Crippen LogP contribution in [0.5, 0.6) is 11.5 Å². The Kier molecular flexibility index (Phi) is 7.94. The zero-order valence-corrected chi connectivity index (χ0v) is 22.4. The molecule has 198 valence electrons. The number of imidazole rings is 1. The number of anilines is 1. The van der Waals surface area contributed by atoms with Crippen molar-refractivity contribution in [1.29, 1.82) is 0 Å². The van der Waals surface area contributed by atoms with Gasteiger partial charge in [-0.3, -0.25) is 4.79 Å². The molecule has 5 rings (SSSR count). The number of benzene rings is 3. The highest BCUT2D eigenvalue weighted by Crippen LogP contribution is 2.35. The molecule has 0 bridgehead atoms. The van der Waals surface area contributed by atoms with Crippen molar-refractivity contribution in [3.05, 3.63) is 72.3 Å². The first-order valence-corrected chi connectivity index (χ1v) is 13.3. The average molecular weight is 513 g/mol. The number of piperidine rings is 1. The summed E-state index contributed by atoms with van der Waals surface area (Å²) in [6.07, 6.45) is 3.30. The van der Waals surface area contributed by atoms with Gasteiger partial charge in [0.05, 0.1) is 30.8 Å². The Balaban J connectivity index is 1.25. The van der Waals surface area contributed by atoms with Crippen LogP contribution >= 0.6 is 0 Å². The summed E-state index contributed by atoms with van der Waals surface area (Å²) >= 11 is 0. The molecule has 1 fully saturated rings. The van der Waals surface area contributed by atoms with Gasteiger partial charge in [-0.05, 0) is 86.8 Å². The molecule has 0 unspecified atom stereocenters. The molecule has 1 amide bonds. The number of aromatic nitrogens is 2. The van der Waals surface area contributed by atoms with Gasteiger partial charge in [-0.15, -0.1) is 0 Å². The number of hydrogen-bond donors (Lipinski definition) is 1. The maximum Gasteiger partial charge on any atom is 0.221 e. The van der Waals surface area contributed by atoms with E-state index in [1.54, 1.807) is 21.1 Å². The minimum absolute atomic E-state index is 0.0313. The third-order valence-electron chi connectivity index (χ3n) is 7.43. The van der Waals surface area contributed by atoms with Crippen LogP contribution in [0.25, 0.3) is 22.4 Å². The fraction of sp³-hybridized carbons (Fsp3) is 0.355. The maximum atomic E-state index is 11.4. The van der Waals surface area contributed by atoms with Crippen LogP contribution in [0.4, 0.5) is 5.69 Å². The fourth-order valence-corrected chi connectivity index (χ4v) is 5.51. The molecule has 7 heteroatoms. The molecule has 0 radical (unpaired) electrons. The Bertz CT molecular complexity index is 1410. The Labute approximate surface area is 224 Å². The summed E-state index contributed by atoms with van der Waals surface area (Å²) in [5.74, 6) is 2.94. The Morgan fingerprint density at radius 2 is 1.79 bits per heavy atom. The second-order valence-electron chi connectivity index (χ2n) is 9.92. The van der Waals surface area contributed by atoms with Crippen LogP contribution in [0.1, 0.15) is 37.7 Å². The third kappa shape index (κ3) is 5.68. The van der Waals surface area contributed by atoms with Gasteiger partial charge < -0.3 is 24.3 Å². The van der Waals surface area contributed by atoms with Crippen LogP contribution in [-0.2, 0) is 11.3 Å². The quantitative estimate of drug-likeness (QED) is 0.300. The lowest BCUT2D eigenvalue weighted by molar-refractivity contribution is -0.114. The molecule has 2 heterocycles.